The van der Waals surface area contributed by atoms with Crippen LogP contribution < -0.4 is 5.32 Å². The highest BCUT2D eigenvalue weighted by molar-refractivity contribution is 7.80. The van der Waals surface area contributed by atoms with Gasteiger partial charge in [-0.2, -0.15) is 0 Å². The summed E-state index contributed by atoms with van der Waals surface area (Å²) in [5.41, 5.74) is 0. The Labute approximate surface area is 131 Å². The van der Waals surface area contributed by atoms with Crippen molar-refractivity contribution in [1.29, 1.82) is 0 Å². The summed E-state index contributed by atoms with van der Waals surface area (Å²) in [4.78, 5) is 2.33. The number of hydrogen-bond acceptors (Lipinski definition) is 2. The molecule has 0 radical (unpaired) electrons. The molecule has 0 atom stereocenters. The largest absolute Gasteiger partial charge is 0.382 e. The summed E-state index contributed by atoms with van der Waals surface area (Å²) in [6.07, 6.45) is 3.40. The molecular formula is C16H34N2OS. The van der Waals surface area contributed by atoms with Crippen LogP contribution in [-0.4, -0.2) is 42.9 Å². The van der Waals surface area contributed by atoms with Gasteiger partial charge in [0.05, 0.1) is 0 Å². The number of nitrogens with zero attached hydrogens (tertiary/aromatic N) is 1. The van der Waals surface area contributed by atoms with Crippen LogP contribution in [0.4, 0.5) is 0 Å². The fraction of sp³-hybridized carbons (Fsp3) is 0.938. The third kappa shape index (κ3) is 11.5. The van der Waals surface area contributed by atoms with Gasteiger partial charge in [-0.1, -0.05) is 27.7 Å². The van der Waals surface area contributed by atoms with Crippen molar-refractivity contribution in [3.8, 4) is 0 Å². The third-order valence-corrected chi connectivity index (χ3v) is 3.59. The first-order valence-corrected chi connectivity index (χ1v) is 8.48. The highest BCUT2D eigenvalue weighted by Crippen LogP contribution is 2.07. The van der Waals surface area contributed by atoms with Crippen LogP contribution in [-0.2, 0) is 4.74 Å². The Kier molecular flexibility index (Phi) is 12.2. The molecule has 1 N–H and O–H groups in total. The van der Waals surface area contributed by atoms with Crippen molar-refractivity contribution >= 4 is 17.3 Å². The molecular weight excluding hydrogens is 268 g/mol. The smallest absolute Gasteiger partial charge is 0.168 e. The predicted molar refractivity (Wildman–Crippen MR) is 92.2 cm³/mol. The Morgan fingerprint density at radius 1 is 1.10 bits per heavy atom. The Bertz CT molecular complexity index is 233. The van der Waals surface area contributed by atoms with E-state index in [-0.39, 0.29) is 0 Å². The number of rotatable bonds is 11. The molecule has 0 spiro atoms. The molecule has 4 heteroatoms. The minimum atomic E-state index is 0.720. The standard InChI is InChI=1S/C16H34N2OS/c1-6-19-13-7-10-17-16(20)18(11-8-14(2)3)12-9-15(4)5/h14-15H,6-13H2,1-5H3,(H,17,20). The Balaban J connectivity index is 4.04. The lowest BCUT2D eigenvalue weighted by Gasteiger charge is -2.27. The zero-order valence-electron chi connectivity index (χ0n) is 14.1. The Morgan fingerprint density at radius 2 is 1.65 bits per heavy atom. The molecule has 3 nitrogen and oxygen atoms in total. The van der Waals surface area contributed by atoms with Gasteiger partial charge in [0, 0.05) is 32.8 Å². The van der Waals surface area contributed by atoms with Crippen LogP contribution in [0.1, 0.15) is 53.9 Å². The van der Waals surface area contributed by atoms with Crippen molar-refractivity contribution in [3.05, 3.63) is 0 Å². The molecule has 0 aliphatic carbocycles. The highest BCUT2D eigenvalue weighted by Gasteiger charge is 2.10. The summed E-state index contributed by atoms with van der Waals surface area (Å²) in [6.45, 7) is 15.7. The monoisotopic (exact) mass is 302 g/mol. The molecule has 0 aromatic carbocycles. The molecule has 120 valence electrons. The average molecular weight is 303 g/mol. The van der Waals surface area contributed by atoms with Gasteiger partial charge in [0.15, 0.2) is 5.11 Å². The van der Waals surface area contributed by atoms with E-state index in [0.717, 1.165) is 56.2 Å². The highest BCUT2D eigenvalue weighted by atomic mass is 32.1. The van der Waals surface area contributed by atoms with E-state index in [0.29, 0.717) is 0 Å². The summed E-state index contributed by atoms with van der Waals surface area (Å²) < 4.78 is 5.34. The van der Waals surface area contributed by atoms with Gasteiger partial charge >= 0.3 is 0 Å². The molecule has 0 fully saturated rings. The summed E-state index contributed by atoms with van der Waals surface area (Å²) in [6, 6.07) is 0. The SMILES string of the molecule is CCOCCCNC(=S)N(CCC(C)C)CCC(C)C. The van der Waals surface area contributed by atoms with Crippen molar-refractivity contribution in [2.75, 3.05) is 32.8 Å². The predicted octanol–water partition coefficient (Wildman–Crippen LogP) is 3.68. The first-order chi connectivity index (χ1) is 9.47. The van der Waals surface area contributed by atoms with Crippen LogP contribution in [0, 0.1) is 11.8 Å². The topological polar surface area (TPSA) is 24.5 Å². The molecule has 0 aromatic rings. The zero-order valence-corrected chi connectivity index (χ0v) is 14.9. The van der Waals surface area contributed by atoms with E-state index in [9.17, 15) is 0 Å². The first-order valence-electron chi connectivity index (χ1n) is 8.07. The van der Waals surface area contributed by atoms with Gasteiger partial charge in [0.2, 0.25) is 0 Å². The van der Waals surface area contributed by atoms with E-state index >= 15 is 0 Å². The van der Waals surface area contributed by atoms with Gasteiger partial charge < -0.3 is 15.0 Å². The lowest BCUT2D eigenvalue weighted by Crippen LogP contribution is -2.42. The van der Waals surface area contributed by atoms with Crippen molar-refractivity contribution < 1.29 is 4.74 Å². The lowest BCUT2D eigenvalue weighted by molar-refractivity contribution is 0.145. The second-order valence-corrected chi connectivity index (χ2v) is 6.52. The van der Waals surface area contributed by atoms with E-state index in [1.54, 1.807) is 0 Å². The van der Waals surface area contributed by atoms with Gasteiger partial charge in [-0.25, -0.2) is 0 Å². The van der Waals surface area contributed by atoms with E-state index in [1.165, 1.54) is 12.8 Å². The van der Waals surface area contributed by atoms with Crippen molar-refractivity contribution in [3.63, 3.8) is 0 Å². The maximum absolute atomic E-state index is 5.53. The quantitative estimate of drug-likeness (QED) is 0.465. The van der Waals surface area contributed by atoms with E-state index < -0.39 is 0 Å². The van der Waals surface area contributed by atoms with Crippen LogP contribution in [0.25, 0.3) is 0 Å². The first kappa shape index (κ1) is 19.7. The lowest BCUT2D eigenvalue weighted by atomic mass is 10.1. The summed E-state index contributed by atoms with van der Waals surface area (Å²) in [5.74, 6) is 1.44. The van der Waals surface area contributed by atoms with Gasteiger partial charge in [-0.3, -0.25) is 0 Å². The molecule has 0 aliphatic heterocycles. The van der Waals surface area contributed by atoms with Crippen LogP contribution in [0.2, 0.25) is 0 Å². The van der Waals surface area contributed by atoms with E-state index in [1.807, 2.05) is 6.92 Å². The Hall–Kier alpha value is -0.350. The second kappa shape index (κ2) is 12.4. The minimum absolute atomic E-state index is 0.720. The summed E-state index contributed by atoms with van der Waals surface area (Å²) in [5, 5.41) is 4.27. The molecule has 0 aliphatic rings. The fourth-order valence-corrected chi connectivity index (χ4v) is 2.05. The van der Waals surface area contributed by atoms with Crippen molar-refractivity contribution in [2.45, 2.75) is 53.9 Å². The summed E-state index contributed by atoms with van der Waals surface area (Å²) >= 11 is 5.53. The minimum Gasteiger partial charge on any atom is -0.382 e. The normalized spacial score (nSPS) is 11.2. The van der Waals surface area contributed by atoms with Crippen LogP contribution in [0.15, 0.2) is 0 Å². The summed E-state index contributed by atoms with van der Waals surface area (Å²) in [7, 11) is 0. The zero-order chi connectivity index (χ0) is 15.4. The fourth-order valence-electron chi connectivity index (χ4n) is 1.77. The van der Waals surface area contributed by atoms with Gasteiger partial charge in [-0.05, 0) is 50.2 Å². The Morgan fingerprint density at radius 3 is 2.10 bits per heavy atom. The maximum Gasteiger partial charge on any atom is 0.168 e. The van der Waals surface area contributed by atoms with E-state index in [2.05, 4.69) is 37.9 Å². The molecule has 0 bridgehead atoms. The third-order valence-electron chi connectivity index (χ3n) is 3.19. The second-order valence-electron chi connectivity index (χ2n) is 6.13. The van der Waals surface area contributed by atoms with Crippen molar-refractivity contribution in [2.24, 2.45) is 11.8 Å². The van der Waals surface area contributed by atoms with Crippen LogP contribution >= 0.6 is 12.2 Å². The van der Waals surface area contributed by atoms with E-state index in [4.69, 9.17) is 17.0 Å². The molecule has 0 saturated carbocycles. The molecule has 0 unspecified atom stereocenters. The van der Waals surface area contributed by atoms with Gasteiger partial charge in [-0.15, -0.1) is 0 Å². The van der Waals surface area contributed by atoms with Crippen LogP contribution in [0.3, 0.4) is 0 Å². The van der Waals surface area contributed by atoms with Gasteiger partial charge in [0.25, 0.3) is 0 Å². The van der Waals surface area contributed by atoms with Gasteiger partial charge in [0.1, 0.15) is 0 Å². The molecule has 20 heavy (non-hydrogen) atoms. The van der Waals surface area contributed by atoms with Crippen molar-refractivity contribution in [1.82, 2.24) is 10.2 Å². The molecule has 0 aromatic heterocycles. The van der Waals surface area contributed by atoms with Crippen LogP contribution in [0.5, 0.6) is 0 Å². The number of ether oxygens (including phenoxy) is 1. The molecule has 0 saturated heterocycles. The maximum atomic E-state index is 5.53. The molecule has 0 rings (SSSR count). The molecule has 0 amide bonds. The number of nitrogens with one attached hydrogen (secondary N) is 1. The average Bonchev–Trinajstić information content (AvgIpc) is 2.37. The molecule has 0 heterocycles. The number of thiocarbonyl (C=S) groups is 1. The number of hydrogen-bond donors (Lipinski definition) is 1.